The Morgan fingerprint density at radius 1 is 0.345 bits per heavy atom. The van der Waals surface area contributed by atoms with E-state index in [1.807, 2.05) is 13.8 Å². The second-order valence-corrected chi connectivity index (χ2v) is 21.8. The molecule has 55 heavy (non-hydrogen) atoms. The van der Waals surface area contributed by atoms with Crippen molar-refractivity contribution in [3.05, 3.63) is 0 Å². The van der Waals surface area contributed by atoms with E-state index in [1.165, 1.54) is 193 Å². The number of carboxylic acid groups (broad SMARTS) is 2. The first-order chi connectivity index (χ1) is 26.8. The van der Waals surface area contributed by atoms with Crippen LogP contribution in [0, 0.1) is 0 Å². The molecule has 0 aliphatic carbocycles. The molecule has 0 heterocycles. The molecule has 0 radical (unpaired) electrons. The molecule has 0 saturated carbocycles. The molecule has 0 aliphatic heterocycles. The van der Waals surface area contributed by atoms with Crippen molar-refractivity contribution >= 4 is 58.3 Å². The summed E-state index contributed by atoms with van der Waals surface area (Å²) in [6, 6.07) is 0. The van der Waals surface area contributed by atoms with Gasteiger partial charge in [0.05, 0.1) is 11.9 Å². The van der Waals surface area contributed by atoms with Crippen LogP contribution < -0.4 is 10.2 Å². The predicted octanol–water partition coefficient (Wildman–Crippen LogP) is 14.5. The van der Waals surface area contributed by atoms with Gasteiger partial charge in [-0.3, -0.25) is 0 Å². The van der Waals surface area contributed by atoms with Gasteiger partial charge in [-0.1, -0.05) is 118 Å². The minimum absolute atomic E-state index is 0.00985. The molecule has 0 N–H and O–H groups in total. The molecule has 2 unspecified atom stereocenters. The molecule has 0 aromatic rings. The summed E-state index contributed by atoms with van der Waals surface area (Å²) >= 11 is 7.60. The number of rotatable bonds is 42. The van der Waals surface area contributed by atoms with Crippen LogP contribution in [0.5, 0.6) is 0 Å². The van der Waals surface area contributed by atoms with E-state index in [1.54, 1.807) is 21.7 Å². The first-order valence-corrected chi connectivity index (χ1v) is 29.3. The molecule has 0 aromatic carbocycles. The summed E-state index contributed by atoms with van der Waals surface area (Å²) in [6.45, 7) is 8.64. The molecule has 4 nitrogen and oxygen atoms in total. The average molecular weight is 920 g/mol. The van der Waals surface area contributed by atoms with Gasteiger partial charge in [-0.05, 0) is 12.8 Å². The maximum absolute atomic E-state index is 10.0. The Bertz CT molecular complexity index is 668. The monoisotopic (exact) mass is 921 g/mol. The molecule has 0 spiro atoms. The number of carbonyl (C=O) groups is 2. The minimum Gasteiger partial charge on any atom is -0.0654 e. The Kier molecular flexibility index (Phi) is 59.1. The molecule has 7 heteroatoms. The standard InChI is InChI=1S/2C18H37.2C6H12O2S.Sn/c2*1-3-5-7-9-11-13-15-17-18-16-14-12-10-8-6-4-2;2*1-2-3-4-5(9)6(7)8;/h2*1,3-18H2,2H3;2*5,9H,2-4H2,1H3,(H,7,8);/q;;;;+2/p-2. The first kappa shape index (κ1) is 59.7. The van der Waals surface area contributed by atoms with Gasteiger partial charge in [-0.2, -0.15) is 25.3 Å². The van der Waals surface area contributed by atoms with E-state index < -0.39 is 22.4 Å². The summed E-state index contributed by atoms with van der Waals surface area (Å²) in [4.78, 5) is 20.0. The fourth-order valence-electron chi connectivity index (χ4n) is 6.75. The molecule has 0 fully saturated rings. The van der Waals surface area contributed by atoms with Crippen molar-refractivity contribution in [1.82, 2.24) is 0 Å². The van der Waals surface area contributed by atoms with E-state index in [0.717, 1.165) is 25.7 Å². The Hall–Kier alpha value is 0.439. The van der Waals surface area contributed by atoms with Gasteiger partial charge in [0, 0.05) is 10.5 Å². The van der Waals surface area contributed by atoms with Crippen LogP contribution in [-0.2, 0) is 9.59 Å². The summed E-state index contributed by atoms with van der Waals surface area (Å²) in [5, 5.41) is 18.9. The van der Waals surface area contributed by atoms with Gasteiger partial charge < -0.3 is 19.8 Å². The van der Waals surface area contributed by atoms with Crippen LogP contribution in [0.15, 0.2) is 0 Å². The van der Waals surface area contributed by atoms with E-state index in [-0.39, 0.29) is 21.1 Å². The van der Waals surface area contributed by atoms with Crippen molar-refractivity contribution in [2.24, 2.45) is 0 Å². The summed E-state index contributed by atoms with van der Waals surface area (Å²) in [6.07, 6.45) is 52.9. The molecule has 0 rings (SSSR count). The zero-order valence-corrected chi connectivity index (χ0v) is 42.1. The number of thiol groups is 2. The second kappa shape index (κ2) is 54.4. The zero-order valence-electron chi connectivity index (χ0n) is 37.5. The van der Waals surface area contributed by atoms with Crippen molar-refractivity contribution in [2.75, 3.05) is 0 Å². The van der Waals surface area contributed by atoms with Crippen LogP contribution in [0.25, 0.3) is 0 Å². The zero-order chi connectivity index (χ0) is 41.3. The summed E-state index contributed by atoms with van der Waals surface area (Å²) in [7, 11) is 0. The van der Waals surface area contributed by atoms with Gasteiger partial charge in [-0.25, -0.2) is 0 Å². The van der Waals surface area contributed by atoms with E-state index >= 15 is 0 Å². The van der Waals surface area contributed by atoms with Crippen LogP contribution in [0.1, 0.15) is 272 Å². The van der Waals surface area contributed by atoms with Crippen molar-refractivity contribution < 1.29 is 19.8 Å². The molecule has 2 atom stereocenters. The SMILES string of the molecule is CCCCC(S)C(=O)[O-].CCCCC(S)C(=O)[O-].CCCCCCCCCCCCCCCCC[CH2][Sn+2][CH2]CCCCCCCCCCCCCCCCC. The van der Waals surface area contributed by atoms with Crippen LogP contribution >= 0.6 is 25.3 Å². The third-order valence-electron chi connectivity index (χ3n) is 10.6. The van der Waals surface area contributed by atoms with Crippen molar-refractivity contribution in [2.45, 2.75) is 291 Å². The number of hydrogen-bond acceptors (Lipinski definition) is 6. The van der Waals surface area contributed by atoms with Gasteiger partial charge >= 0.3 is 171 Å². The molecule has 0 aromatic heterocycles. The van der Waals surface area contributed by atoms with Crippen molar-refractivity contribution in [1.29, 1.82) is 0 Å². The normalized spacial score (nSPS) is 11.9. The second-order valence-electron chi connectivity index (χ2n) is 16.3. The smallest absolute Gasteiger partial charge is 0.0654 e. The molecule has 0 aliphatic rings. The fraction of sp³-hybridized carbons (Fsp3) is 0.958. The van der Waals surface area contributed by atoms with E-state index in [0.29, 0.717) is 12.8 Å². The van der Waals surface area contributed by atoms with Crippen molar-refractivity contribution in [3.8, 4) is 0 Å². The number of aliphatic carboxylic acids is 2. The minimum atomic E-state index is -1.06. The quantitative estimate of drug-likeness (QED) is 0.0363. The molecular formula is C48H96O4S2Sn. The molecule has 0 amide bonds. The first-order valence-electron chi connectivity index (χ1n) is 24.3. The maximum atomic E-state index is 10.0. The molecule has 328 valence electrons. The predicted molar refractivity (Wildman–Crippen MR) is 249 cm³/mol. The molecule has 0 bridgehead atoms. The van der Waals surface area contributed by atoms with Gasteiger partial charge in [-0.15, -0.1) is 0 Å². The Morgan fingerprint density at radius 3 is 0.709 bits per heavy atom. The van der Waals surface area contributed by atoms with Crippen LogP contribution in [0.2, 0.25) is 8.87 Å². The van der Waals surface area contributed by atoms with Gasteiger partial charge in [0.1, 0.15) is 0 Å². The number of carboxylic acids is 2. The fourth-order valence-corrected chi connectivity index (χ4v) is 10.7. The number of carbonyl (C=O) groups excluding carboxylic acids is 2. The van der Waals surface area contributed by atoms with Gasteiger partial charge in [0.15, 0.2) is 0 Å². The molecular weight excluding hydrogens is 823 g/mol. The van der Waals surface area contributed by atoms with E-state index in [2.05, 4.69) is 39.1 Å². The van der Waals surface area contributed by atoms with E-state index in [4.69, 9.17) is 0 Å². The Morgan fingerprint density at radius 2 is 0.527 bits per heavy atom. The Labute approximate surface area is 366 Å². The van der Waals surface area contributed by atoms with Gasteiger partial charge in [0.2, 0.25) is 0 Å². The topological polar surface area (TPSA) is 80.3 Å². The summed E-state index contributed by atoms with van der Waals surface area (Å²) in [5.41, 5.74) is 0. The van der Waals surface area contributed by atoms with E-state index in [9.17, 15) is 19.8 Å². The average Bonchev–Trinajstić information content (AvgIpc) is 3.18. The van der Waals surface area contributed by atoms with Crippen LogP contribution in [0.4, 0.5) is 0 Å². The number of hydrogen-bond donors (Lipinski definition) is 2. The van der Waals surface area contributed by atoms with Gasteiger partial charge in [0.25, 0.3) is 0 Å². The number of unbranched alkanes of at least 4 members (excludes halogenated alkanes) is 32. The summed E-state index contributed by atoms with van der Waals surface area (Å²) in [5.74, 6) is -2.13. The third kappa shape index (κ3) is 58.8. The van der Waals surface area contributed by atoms with Crippen molar-refractivity contribution in [3.63, 3.8) is 0 Å². The van der Waals surface area contributed by atoms with Crippen LogP contribution in [-0.4, -0.2) is 43.6 Å². The third-order valence-corrected chi connectivity index (χ3v) is 15.6. The van der Waals surface area contributed by atoms with Crippen LogP contribution in [0.3, 0.4) is 0 Å². The molecule has 0 saturated heterocycles. The summed E-state index contributed by atoms with van der Waals surface area (Å²) < 4.78 is 3.33. The Balaban J connectivity index is -0.00000122.